The number of rotatable bonds is 5. The van der Waals surface area contributed by atoms with Gasteiger partial charge in [0.25, 0.3) is 5.91 Å². The van der Waals surface area contributed by atoms with Crippen LogP contribution in [0.2, 0.25) is 0 Å². The summed E-state index contributed by atoms with van der Waals surface area (Å²) in [6.45, 7) is 12.7. The van der Waals surface area contributed by atoms with Crippen molar-refractivity contribution in [2.24, 2.45) is 0 Å². The van der Waals surface area contributed by atoms with E-state index in [9.17, 15) is 4.79 Å². The molecule has 0 spiro atoms. The summed E-state index contributed by atoms with van der Waals surface area (Å²) in [5.41, 5.74) is 2.31. The Kier molecular flexibility index (Phi) is 5.13. The zero-order valence-corrected chi connectivity index (χ0v) is 14.7. The third-order valence-corrected chi connectivity index (χ3v) is 3.55. The number of aromatic nitrogens is 4. The molecule has 2 aromatic rings. The summed E-state index contributed by atoms with van der Waals surface area (Å²) in [7, 11) is 0. The van der Waals surface area contributed by atoms with E-state index in [1.807, 2.05) is 33.8 Å². The number of carbonyl (C=O) groups excluding carboxylic acids is 1. The highest BCUT2D eigenvalue weighted by molar-refractivity contribution is 6.02. The van der Waals surface area contributed by atoms with Crippen molar-refractivity contribution < 1.29 is 4.79 Å². The minimum atomic E-state index is -0.195. The van der Waals surface area contributed by atoms with Crippen LogP contribution >= 0.6 is 0 Å². The fourth-order valence-corrected chi connectivity index (χ4v) is 2.24. The van der Waals surface area contributed by atoms with E-state index in [4.69, 9.17) is 0 Å². The Labute approximate surface area is 137 Å². The van der Waals surface area contributed by atoms with Gasteiger partial charge in [0, 0.05) is 24.2 Å². The average molecular weight is 315 g/mol. The molecule has 0 aliphatic rings. The van der Waals surface area contributed by atoms with Crippen LogP contribution < -0.4 is 5.32 Å². The molecule has 1 amide bonds. The molecular formula is C17H25N5O. The normalized spacial score (nSPS) is 11.3. The molecule has 2 heterocycles. The highest BCUT2D eigenvalue weighted by Crippen LogP contribution is 2.17. The van der Waals surface area contributed by atoms with Crippen molar-refractivity contribution in [3.8, 4) is 0 Å². The maximum atomic E-state index is 12.6. The maximum absolute atomic E-state index is 12.6. The molecule has 2 aromatic heterocycles. The van der Waals surface area contributed by atoms with Gasteiger partial charge in [-0.1, -0.05) is 27.7 Å². The molecule has 0 aliphatic heterocycles. The molecule has 0 bridgehead atoms. The second-order valence-corrected chi connectivity index (χ2v) is 6.29. The van der Waals surface area contributed by atoms with Gasteiger partial charge in [-0.2, -0.15) is 5.10 Å². The van der Waals surface area contributed by atoms with Crippen LogP contribution in [0.15, 0.2) is 12.1 Å². The lowest BCUT2D eigenvalue weighted by Crippen LogP contribution is -2.18. The molecule has 0 saturated carbocycles. The van der Waals surface area contributed by atoms with Gasteiger partial charge in [-0.3, -0.25) is 9.48 Å². The largest absolute Gasteiger partial charge is 0.305 e. The molecule has 6 nitrogen and oxygen atoms in total. The van der Waals surface area contributed by atoms with E-state index in [-0.39, 0.29) is 17.7 Å². The average Bonchev–Trinajstić information content (AvgIpc) is 2.91. The number of carbonyl (C=O) groups is 1. The van der Waals surface area contributed by atoms with Gasteiger partial charge >= 0.3 is 0 Å². The minimum Gasteiger partial charge on any atom is -0.305 e. The quantitative estimate of drug-likeness (QED) is 0.916. The summed E-state index contributed by atoms with van der Waals surface area (Å²) in [5, 5.41) is 7.35. The van der Waals surface area contributed by atoms with Gasteiger partial charge in [-0.15, -0.1) is 0 Å². The van der Waals surface area contributed by atoms with Crippen LogP contribution in [0.4, 0.5) is 5.82 Å². The Morgan fingerprint density at radius 1 is 1.17 bits per heavy atom. The molecule has 0 saturated heterocycles. The summed E-state index contributed by atoms with van der Waals surface area (Å²) < 4.78 is 1.72. The number of hydrogen-bond acceptors (Lipinski definition) is 4. The number of nitrogens with zero attached hydrogens (tertiary/aromatic N) is 4. The smallest absolute Gasteiger partial charge is 0.275 e. The van der Waals surface area contributed by atoms with Crippen LogP contribution in [0.3, 0.4) is 0 Å². The van der Waals surface area contributed by atoms with Crippen LogP contribution in [0.5, 0.6) is 0 Å². The summed E-state index contributed by atoms with van der Waals surface area (Å²) in [5.74, 6) is 1.55. The van der Waals surface area contributed by atoms with Gasteiger partial charge in [-0.25, -0.2) is 9.97 Å². The fourth-order valence-electron chi connectivity index (χ4n) is 2.24. The molecule has 124 valence electrons. The predicted octanol–water partition coefficient (Wildman–Crippen LogP) is 3.50. The first-order valence-electron chi connectivity index (χ1n) is 8.06. The standard InChI is InChI=1S/C17H25N5O/c1-7-22-14(9-13(21-22)10(2)3)17(23)20-15-8-12(6)18-16(19-15)11(4)5/h8-11H,7H2,1-6H3,(H,18,19,20,23). The number of amides is 1. The van der Waals surface area contributed by atoms with E-state index in [0.717, 1.165) is 17.2 Å². The van der Waals surface area contributed by atoms with E-state index in [1.165, 1.54) is 0 Å². The van der Waals surface area contributed by atoms with E-state index in [0.29, 0.717) is 18.1 Å². The first-order valence-corrected chi connectivity index (χ1v) is 8.06. The molecular weight excluding hydrogens is 290 g/mol. The van der Waals surface area contributed by atoms with Gasteiger partial charge in [0.15, 0.2) is 0 Å². The summed E-state index contributed by atoms with van der Waals surface area (Å²) in [4.78, 5) is 21.4. The second kappa shape index (κ2) is 6.89. The topological polar surface area (TPSA) is 72.7 Å². The second-order valence-electron chi connectivity index (χ2n) is 6.29. The van der Waals surface area contributed by atoms with Crippen LogP contribution in [-0.2, 0) is 6.54 Å². The van der Waals surface area contributed by atoms with Gasteiger partial charge in [0.1, 0.15) is 17.3 Å². The SMILES string of the molecule is CCn1nc(C(C)C)cc1C(=O)Nc1cc(C)nc(C(C)C)n1. The Morgan fingerprint density at radius 2 is 1.87 bits per heavy atom. The predicted molar refractivity (Wildman–Crippen MR) is 90.8 cm³/mol. The number of anilines is 1. The third kappa shape index (κ3) is 3.94. The van der Waals surface area contributed by atoms with Crippen molar-refractivity contribution in [3.05, 3.63) is 35.0 Å². The maximum Gasteiger partial charge on any atom is 0.275 e. The Bertz CT molecular complexity index is 703. The number of nitrogens with one attached hydrogen (secondary N) is 1. The molecule has 0 aromatic carbocycles. The van der Waals surface area contributed by atoms with Crippen molar-refractivity contribution in [2.45, 2.75) is 59.9 Å². The fraction of sp³-hybridized carbons (Fsp3) is 0.529. The molecule has 23 heavy (non-hydrogen) atoms. The van der Waals surface area contributed by atoms with E-state index >= 15 is 0 Å². The van der Waals surface area contributed by atoms with E-state index < -0.39 is 0 Å². The summed E-state index contributed by atoms with van der Waals surface area (Å²) in [6, 6.07) is 3.63. The van der Waals surface area contributed by atoms with E-state index in [2.05, 4.69) is 34.2 Å². The Morgan fingerprint density at radius 3 is 2.43 bits per heavy atom. The molecule has 6 heteroatoms. The minimum absolute atomic E-state index is 0.195. The van der Waals surface area contributed by atoms with Crippen LogP contribution in [0.25, 0.3) is 0 Å². The van der Waals surface area contributed by atoms with Crippen molar-refractivity contribution in [1.82, 2.24) is 19.7 Å². The zero-order valence-electron chi connectivity index (χ0n) is 14.7. The van der Waals surface area contributed by atoms with Gasteiger partial charge < -0.3 is 5.32 Å². The highest BCUT2D eigenvalue weighted by Gasteiger charge is 2.17. The molecule has 2 rings (SSSR count). The van der Waals surface area contributed by atoms with Crippen LogP contribution in [0, 0.1) is 6.92 Å². The zero-order chi connectivity index (χ0) is 17.1. The summed E-state index contributed by atoms with van der Waals surface area (Å²) in [6.07, 6.45) is 0. The first-order chi connectivity index (χ1) is 10.8. The molecule has 0 unspecified atom stereocenters. The lowest BCUT2D eigenvalue weighted by molar-refractivity contribution is 0.101. The molecule has 1 N–H and O–H groups in total. The Balaban J connectivity index is 2.29. The highest BCUT2D eigenvalue weighted by atomic mass is 16.2. The van der Waals surface area contributed by atoms with Gasteiger partial charge in [-0.05, 0) is 25.8 Å². The number of hydrogen-bond donors (Lipinski definition) is 1. The van der Waals surface area contributed by atoms with E-state index in [1.54, 1.807) is 10.7 Å². The monoisotopic (exact) mass is 315 g/mol. The third-order valence-electron chi connectivity index (χ3n) is 3.55. The lowest BCUT2D eigenvalue weighted by Gasteiger charge is -2.10. The van der Waals surface area contributed by atoms with Crippen LogP contribution in [0.1, 0.15) is 74.2 Å². The summed E-state index contributed by atoms with van der Waals surface area (Å²) >= 11 is 0. The first kappa shape index (κ1) is 17.1. The van der Waals surface area contributed by atoms with Crippen molar-refractivity contribution >= 4 is 11.7 Å². The Hall–Kier alpha value is -2.24. The lowest BCUT2D eigenvalue weighted by atomic mass is 10.1. The molecule has 0 atom stereocenters. The van der Waals surface area contributed by atoms with Crippen molar-refractivity contribution in [2.75, 3.05) is 5.32 Å². The van der Waals surface area contributed by atoms with Gasteiger partial charge in [0.2, 0.25) is 0 Å². The molecule has 0 fully saturated rings. The molecule has 0 aliphatic carbocycles. The number of aryl methyl sites for hydroxylation is 2. The van der Waals surface area contributed by atoms with Crippen LogP contribution in [-0.4, -0.2) is 25.7 Å². The van der Waals surface area contributed by atoms with Crippen molar-refractivity contribution in [1.29, 1.82) is 0 Å². The van der Waals surface area contributed by atoms with Crippen molar-refractivity contribution in [3.63, 3.8) is 0 Å². The molecule has 0 radical (unpaired) electrons. The van der Waals surface area contributed by atoms with Gasteiger partial charge in [0.05, 0.1) is 5.69 Å².